The van der Waals surface area contributed by atoms with E-state index in [0.29, 0.717) is 0 Å². The number of aromatic nitrogens is 5. The van der Waals surface area contributed by atoms with E-state index in [1.165, 1.54) is 0 Å². The summed E-state index contributed by atoms with van der Waals surface area (Å²) in [5.41, 5.74) is 1.01. The molecule has 0 saturated carbocycles. The average molecular weight is 283 g/mol. The Balaban J connectivity index is 1.74. The van der Waals surface area contributed by atoms with Crippen molar-refractivity contribution >= 4 is 0 Å². The van der Waals surface area contributed by atoms with E-state index < -0.39 is 0 Å². The van der Waals surface area contributed by atoms with Crippen LogP contribution in [-0.2, 0) is 13.1 Å². The second-order valence-electron chi connectivity index (χ2n) is 4.66. The molecule has 0 fully saturated rings. The van der Waals surface area contributed by atoms with Crippen molar-refractivity contribution in [2.45, 2.75) is 19.5 Å². The zero-order chi connectivity index (χ0) is 14.5. The minimum atomic E-state index is 0.834. The van der Waals surface area contributed by atoms with Crippen molar-refractivity contribution < 1.29 is 4.74 Å². The van der Waals surface area contributed by atoms with Gasteiger partial charge in [-0.2, -0.15) is 5.10 Å². The maximum atomic E-state index is 5.41. The molecule has 6 nitrogen and oxygen atoms in total. The normalized spacial score (nSPS) is 10.7. The second kappa shape index (κ2) is 6.21. The maximum Gasteiger partial charge on any atom is 0.143 e. The fraction of sp³-hybridized carbons (Fsp3) is 0.267. The molecule has 2 heterocycles. The Morgan fingerprint density at radius 2 is 2.10 bits per heavy atom. The van der Waals surface area contributed by atoms with Crippen LogP contribution in [0.25, 0.3) is 11.4 Å². The molecule has 1 aromatic carbocycles. The van der Waals surface area contributed by atoms with Gasteiger partial charge in [-0.3, -0.25) is 4.68 Å². The summed E-state index contributed by atoms with van der Waals surface area (Å²) in [4.78, 5) is 8.40. The van der Waals surface area contributed by atoms with E-state index >= 15 is 0 Å². The van der Waals surface area contributed by atoms with Crippen molar-refractivity contribution in [1.29, 1.82) is 0 Å². The SMILES string of the molecule is COc1ccccc1-c1nccn1CCCn1cncn1. The summed E-state index contributed by atoms with van der Waals surface area (Å²) in [7, 11) is 1.68. The van der Waals surface area contributed by atoms with Gasteiger partial charge in [0.15, 0.2) is 0 Å². The third-order valence-corrected chi connectivity index (χ3v) is 3.32. The topological polar surface area (TPSA) is 57.8 Å². The lowest BCUT2D eigenvalue weighted by Crippen LogP contribution is -2.05. The highest BCUT2D eigenvalue weighted by Gasteiger charge is 2.10. The number of methoxy groups -OCH3 is 1. The van der Waals surface area contributed by atoms with Crippen LogP contribution in [0.3, 0.4) is 0 Å². The molecule has 108 valence electrons. The van der Waals surface area contributed by atoms with Crippen LogP contribution < -0.4 is 4.74 Å². The van der Waals surface area contributed by atoms with E-state index in [0.717, 1.165) is 36.6 Å². The summed E-state index contributed by atoms with van der Waals surface area (Å²) in [6.07, 6.45) is 8.05. The van der Waals surface area contributed by atoms with Gasteiger partial charge in [-0.1, -0.05) is 12.1 Å². The van der Waals surface area contributed by atoms with Crippen LogP contribution in [0.1, 0.15) is 6.42 Å². The van der Waals surface area contributed by atoms with Gasteiger partial charge in [0.05, 0.1) is 12.7 Å². The summed E-state index contributed by atoms with van der Waals surface area (Å²) in [5, 5.41) is 4.10. The van der Waals surface area contributed by atoms with Crippen LogP contribution >= 0.6 is 0 Å². The predicted molar refractivity (Wildman–Crippen MR) is 78.9 cm³/mol. The maximum absolute atomic E-state index is 5.41. The number of imidazole rings is 1. The van der Waals surface area contributed by atoms with Crippen LogP contribution in [-0.4, -0.2) is 31.4 Å². The summed E-state index contributed by atoms with van der Waals surface area (Å²) < 4.78 is 9.38. The predicted octanol–water partition coefficient (Wildman–Crippen LogP) is 2.24. The smallest absolute Gasteiger partial charge is 0.143 e. The fourth-order valence-corrected chi connectivity index (χ4v) is 2.31. The molecule has 0 atom stereocenters. The van der Waals surface area contributed by atoms with Gasteiger partial charge >= 0.3 is 0 Å². The number of para-hydroxylation sites is 1. The Morgan fingerprint density at radius 3 is 2.90 bits per heavy atom. The van der Waals surface area contributed by atoms with Crippen LogP contribution in [0.2, 0.25) is 0 Å². The average Bonchev–Trinajstić information content (AvgIpc) is 3.19. The molecule has 0 saturated heterocycles. The fourth-order valence-electron chi connectivity index (χ4n) is 2.31. The van der Waals surface area contributed by atoms with Gasteiger partial charge in [-0.15, -0.1) is 0 Å². The van der Waals surface area contributed by atoms with Crippen molar-refractivity contribution in [2.75, 3.05) is 7.11 Å². The molecule has 6 heteroatoms. The van der Waals surface area contributed by atoms with Gasteiger partial charge in [0.2, 0.25) is 0 Å². The Kier molecular flexibility index (Phi) is 3.95. The number of nitrogens with zero attached hydrogens (tertiary/aromatic N) is 5. The molecule has 0 N–H and O–H groups in total. The number of aryl methyl sites for hydroxylation is 2. The second-order valence-corrected chi connectivity index (χ2v) is 4.66. The Morgan fingerprint density at radius 1 is 1.19 bits per heavy atom. The molecule has 3 aromatic rings. The first-order valence-corrected chi connectivity index (χ1v) is 6.85. The van der Waals surface area contributed by atoms with Crippen LogP contribution in [0, 0.1) is 0 Å². The minimum absolute atomic E-state index is 0.834. The zero-order valence-corrected chi connectivity index (χ0v) is 11.9. The van der Waals surface area contributed by atoms with Crippen LogP contribution in [0.15, 0.2) is 49.3 Å². The van der Waals surface area contributed by atoms with Gasteiger partial charge in [-0.05, 0) is 18.6 Å². The van der Waals surface area contributed by atoms with Crippen molar-refractivity contribution in [2.24, 2.45) is 0 Å². The molecule has 0 aliphatic carbocycles. The van der Waals surface area contributed by atoms with E-state index in [4.69, 9.17) is 4.74 Å². The third kappa shape index (κ3) is 2.94. The first kappa shape index (κ1) is 13.4. The van der Waals surface area contributed by atoms with E-state index in [1.54, 1.807) is 19.8 Å². The highest BCUT2D eigenvalue weighted by molar-refractivity contribution is 5.64. The van der Waals surface area contributed by atoms with E-state index in [2.05, 4.69) is 19.6 Å². The molecule has 0 aliphatic rings. The highest BCUT2D eigenvalue weighted by Crippen LogP contribution is 2.28. The monoisotopic (exact) mass is 283 g/mol. The first-order chi connectivity index (χ1) is 10.4. The summed E-state index contributed by atoms with van der Waals surface area (Å²) >= 11 is 0. The molecule has 0 bridgehead atoms. The van der Waals surface area contributed by atoms with Crippen molar-refractivity contribution in [3.05, 3.63) is 49.3 Å². The molecule has 0 unspecified atom stereocenters. The Labute approximate surface area is 123 Å². The Bertz CT molecular complexity index is 690. The Hall–Kier alpha value is -2.63. The molecule has 0 amide bonds. The van der Waals surface area contributed by atoms with Crippen molar-refractivity contribution in [3.8, 4) is 17.1 Å². The lowest BCUT2D eigenvalue weighted by Gasteiger charge is -2.11. The van der Waals surface area contributed by atoms with E-state index in [-0.39, 0.29) is 0 Å². The van der Waals surface area contributed by atoms with Crippen molar-refractivity contribution in [1.82, 2.24) is 24.3 Å². The molecule has 3 rings (SSSR count). The first-order valence-electron chi connectivity index (χ1n) is 6.85. The van der Waals surface area contributed by atoms with Gasteiger partial charge in [-0.25, -0.2) is 9.97 Å². The molecular formula is C15H17N5O. The number of ether oxygens (including phenoxy) is 1. The molecular weight excluding hydrogens is 266 g/mol. The van der Waals surface area contributed by atoms with Crippen LogP contribution in [0.5, 0.6) is 5.75 Å². The lowest BCUT2D eigenvalue weighted by atomic mass is 10.2. The van der Waals surface area contributed by atoms with Gasteiger partial charge in [0, 0.05) is 25.5 Å². The number of hydrogen-bond donors (Lipinski definition) is 0. The standard InChI is InChI=1S/C15H17N5O/c1-21-14-6-3-2-5-13(14)15-17-7-10-19(15)8-4-9-20-12-16-11-18-20/h2-3,5-7,10-12H,4,8-9H2,1H3. The molecule has 0 aliphatic heterocycles. The largest absolute Gasteiger partial charge is 0.496 e. The molecule has 21 heavy (non-hydrogen) atoms. The number of rotatable bonds is 6. The zero-order valence-electron chi connectivity index (χ0n) is 11.9. The van der Waals surface area contributed by atoms with Crippen molar-refractivity contribution in [3.63, 3.8) is 0 Å². The molecule has 0 spiro atoms. The third-order valence-electron chi connectivity index (χ3n) is 3.32. The molecule has 0 radical (unpaired) electrons. The van der Waals surface area contributed by atoms with Gasteiger partial charge < -0.3 is 9.30 Å². The van der Waals surface area contributed by atoms with E-state index in [9.17, 15) is 0 Å². The lowest BCUT2D eigenvalue weighted by molar-refractivity contribution is 0.415. The summed E-state index contributed by atoms with van der Waals surface area (Å²) in [5.74, 6) is 1.76. The van der Waals surface area contributed by atoms with E-state index in [1.807, 2.05) is 41.3 Å². The summed E-state index contributed by atoms with van der Waals surface area (Å²) in [6.45, 7) is 1.71. The quantitative estimate of drug-likeness (QED) is 0.696. The number of hydrogen-bond acceptors (Lipinski definition) is 4. The summed E-state index contributed by atoms with van der Waals surface area (Å²) in [6, 6.07) is 7.92. The minimum Gasteiger partial charge on any atom is -0.496 e. The molecule has 2 aromatic heterocycles. The van der Waals surface area contributed by atoms with Gasteiger partial charge in [0.1, 0.15) is 24.2 Å². The highest BCUT2D eigenvalue weighted by atomic mass is 16.5. The number of benzene rings is 1. The van der Waals surface area contributed by atoms with Crippen LogP contribution in [0.4, 0.5) is 0 Å². The van der Waals surface area contributed by atoms with Gasteiger partial charge in [0.25, 0.3) is 0 Å².